The highest BCUT2D eigenvalue weighted by molar-refractivity contribution is 7.88. The Balaban J connectivity index is 1.29. The Labute approximate surface area is 156 Å². The van der Waals surface area contributed by atoms with Crippen molar-refractivity contribution in [3.8, 4) is 0 Å². The molecule has 0 spiro atoms. The van der Waals surface area contributed by atoms with E-state index in [0.29, 0.717) is 25.9 Å². The third kappa shape index (κ3) is 3.40. The van der Waals surface area contributed by atoms with Crippen molar-refractivity contribution in [3.05, 3.63) is 17.8 Å². The molecule has 0 unspecified atom stereocenters. The van der Waals surface area contributed by atoms with E-state index in [1.54, 1.807) is 17.7 Å². The number of piperidine rings is 1. The van der Waals surface area contributed by atoms with Gasteiger partial charge >= 0.3 is 0 Å². The molecule has 0 atom stereocenters. The average Bonchev–Trinajstić information content (AvgIpc) is 3.06. The lowest BCUT2D eigenvalue weighted by atomic mass is 9.96. The number of hydrogen-bond donors (Lipinski definition) is 1. The number of hydrogen-bond acceptors (Lipinski definition) is 7. The molecule has 0 bridgehead atoms. The quantitative estimate of drug-likeness (QED) is 0.817. The Morgan fingerprint density at radius 1 is 1.27 bits per heavy atom. The van der Waals surface area contributed by atoms with Crippen molar-refractivity contribution in [1.82, 2.24) is 19.6 Å². The maximum atomic E-state index is 12.5. The highest BCUT2D eigenvalue weighted by atomic mass is 32.2. The molecule has 8 nitrogen and oxygen atoms in total. The number of aromatic nitrogens is 2. The van der Waals surface area contributed by atoms with Gasteiger partial charge in [-0.15, -0.1) is 11.3 Å². The van der Waals surface area contributed by atoms with Crippen molar-refractivity contribution in [2.24, 2.45) is 5.92 Å². The number of nitrogens with zero attached hydrogens (tertiary/aromatic N) is 4. The fourth-order valence-electron chi connectivity index (χ4n) is 3.51. The molecule has 2 aromatic heterocycles. The van der Waals surface area contributed by atoms with Crippen LogP contribution in [0.4, 0.5) is 5.82 Å². The highest BCUT2D eigenvalue weighted by Crippen LogP contribution is 2.30. The van der Waals surface area contributed by atoms with Crippen LogP contribution in [0, 0.1) is 5.92 Å². The van der Waals surface area contributed by atoms with Crippen LogP contribution in [-0.2, 0) is 14.8 Å². The third-order valence-electron chi connectivity index (χ3n) is 5.05. The van der Waals surface area contributed by atoms with Crippen LogP contribution in [0.1, 0.15) is 12.8 Å². The van der Waals surface area contributed by atoms with Crippen LogP contribution in [0.25, 0.3) is 10.2 Å². The maximum absolute atomic E-state index is 12.5. The minimum absolute atomic E-state index is 0.0340. The van der Waals surface area contributed by atoms with Crippen LogP contribution >= 0.6 is 11.3 Å². The molecule has 10 heteroatoms. The normalized spacial score (nSPS) is 20.3. The van der Waals surface area contributed by atoms with Crippen LogP contribution in [-0.4, -0.2) is 67.1 Å². The first kappa shape index (κ1) is 17.6. The van der Waals surface area contributed by atoms with Crippen LogP contribution < -0.4 is 10.2 Å². The predicted molar refractivity (Wildman–Crippen MR) is 101 cm³/mol. The Kier molecular flexibility index (Phi) is 4.57. The summed E-state index contributed by atoms with van der Waals surface area (Å²) in [6, 6.07) is 2.09. The Hall–Kier alpha value is -1.78. The lowest BCUT2D eigenvalue weighted by Gasteiger charge is -2.41. The van der Waals surface area contributed by atoms with Gasteiger partial charge in [0.05, 0.1) is 22.5 Å². The van der Waals surface area contributed by atoms with E-state index >= 15 is 0 Å². The molecule has 4 heterocycles. The number of nitrogens with one attached hydrogen (secondary N) is 1. The van der Waals surface area contributed by atoms with Gasteiger partial charge in [0.2, 0.25) is 15.9 Å². The summed E-state index contributed by atoms with van der Waals surface area (Å²) >= 11 is 1.62. The number of amides is 1. The highest BCUT2D eigenvalue weighted by Gasteiger charge is 2.34. The summed E-state index contributed by atoms with van der Waals surface area (Å²) in [6.07, 6.45) is 3.95. The molecule has 0 radical (unpaired) electrons. The van der Waals surface area contributed by atoms with Crippen LogP contribution in [0.15, 0.2) is 17.8 Å². The van der Waals surface area contributed by atoms with Crippen molar-refractivity contribution < 1.29 is 13.2 Å². The van der Waals surface area contributed by atoms with E-state index < -0.39 is 10.0 Å². The van der Waals surface area contributed by atoms with E-state index in [2.05, 4.69) is 20.2 Å². The number of carbonyl (C=O) groups is 1. The summed E-state index contributed by atoms with van der Waals surface area (Å²) in [7, 11) is -3.16. The molecule has 1 amide bonds. The van der Waals surface area contributed by atoms with Gasteiger partial charge in [-0.3, -0.25) is 4.79 Å². The lowest BCUT2D eigenvalue weighted by Crippen LogP contribution is -2.61. The minimum Gasteiger partial charge on any atom is -0.351 e. The van der Waals surface area contributed by atoms with Crippen molar-refractivity contribution >= 4 is 43.3 Å². The number of sulfonamides is 1. The van der Waals surface area contributed by atoms with Gasteiger partial charge in [-0.25, -0.2) is 22.7 Å². The Bertz CT molecular complexity index is 915. The summed E-state index contributed by atoms with van der Waals surface area (Å²) in [5.41, 5.74) is 0.949. The smallest absolute Gasteiger partial charge is 0.223 e. The van der Waals surface area contributed by atoms with Crippen molar-refractivity contribution in [1.29, 1.82) is 0 Å². The van der Waals surface area contributed by atoms with Crippen molar-refractivity contribution in [2.75, 3.05) is 37.3 Å². The third-order valence-corrected chi connectivity index (χ3v) is 7.25. The zero-order valence-electron chi connectivity index (χ0n) is 14.5. The average molecular weight is 396 g/mol. The van der Waals surface area contributed by atoms with Gasteiger partial charge in [-0.05, 0) is 24.3 Å². The van der Waals surface area contributed by atoms with E-state index in [-0.39, 0.29) is 17.9 Å². The molecule has 2 fully saturated rings. The molecule has 2 aromatic rings. The van der Waals surface area contributed by atoms with Crippen LogP contribution in [0.3, 0.4) is 0 Å². The largest absolute Gasteiger partial charge is 0.351 e. The lowest BCUT2D eigenvalue weighted by molar-refractivity contribution is -0.127. The zero-order chi connectivity index (χ0) is 18.3. The van der Waals surface area contributed by atoms with E-state index in [4.69, 9.17) is 0 Å². The molecule has 1 N–H and O–H groups in total. The molecule has 0 aliphatic carbocycles. The van der Waals surface area contributed by atoms with Gasteiger partial charge < -0.3 is 10.2 Å². The zero-order valence-corrected chi connectivity index (χ0v) is 16.1. The van der Waals surface area contributed by atoms with Crippen LogP contribution in [0.5, 0.6) is 0 Å². The van der Waals surface area contributed by atoms with Gasteiger partial charge in [-0.1, -0.05) is 0 Å². The van der Waals surface area contributed by atoms with Gasteiger partial charge in [0.25, 0.3) is 0 Å². The molecule has 2 saturated heterocycles. The maximum Gasteiger partial charge on any atom is 0.223 e. The molecule has 0 saturated carbocycles. The number of fused-ring (bicyclic) bond motifs is 1. The van der Waals surface area contributed by atoms with E-state index in [0.717, 1.165) is 29.1 Å². The number of carbonyl (C=O) groups excluding carboxylic acids is 1. The Morgan fingerprint density at radius 3 is 2.69 bits per heavy atom. The van der Waals surface area contributed by atoms with E-state index in [1.165, 1.54) is 10.6 Å². The first-order valence-corrected chi connectivity index (χ1v) is 11.3. The second kappa shape index (κ2) is 6.75. The van der Waals surface area contributed by atoms with Gasteiger partial charge in [0.1, 0.15) is 12.1 Å². The number of thiophene rings is 1. The molecule has 26 heavy (non-hydrogen) atoms. The monoisotopic (exact) mass is 395 g/mol. The number of anilines is 1. The van der Waals surface area contributed by atoms with Crippen molar-refractivity contribution in [2.45, 2.75) is 18.9 Å². The first-order valence-electron chi connectivity index (χ1n) is 8.60. The van der Waals surface area contributed by atoms with Gasteiger partial charge in [0, 0.05) is 32.1 Å². The molecule has 140 valence electrons. The summed E-state index contributed by atoms with van der Waals surface area (Å²) in [4.78, 5) is 23.2. The Morgan fingerprint density at radius 2 is 2.00 bits per heavy atom. The standard InChI is InChI=1S/C16H21N5O3S2/c1-26(23,24)21-5-2-11(3-6-21)16(22)19-12-8-20(9-12)15-14-13(4-7-25-14)17-10-18-15/h4,7,10-12H,2-3,5-6,8-9H2,1H3,(H,19,22). The van der Waals surface area contributed by atoms with Crippen LogP contribution in [0.2, 0.25) is 0 Å². The molecule has 4 rings (SSSR count). The molecule has 2 aliphatic heterocycles. The fourth-order valence-corrected chi connectivity index (χ4v) is 5.25. The van der Waals surface area contributed by atoms with Gasteiger partial charge in [0.15, 0.2) is 0 Å². The SMILES string of the molecule is CS(=O)(=O)N1CCC(C(=O)NC2CN(c3ncnc4ccsc34)C2)CC1. The topological polar surface area (TPSA) is 95.5 Å². The summed E-state index contributed by atoms with van der Waals surface area (Å²) in [5, 5.41) is 5.10. The molecule has 0 aromatic carbocycles. The first-order chi connectivity index (χ1) is 12.4. The number of rotatable bonds is 4. The van der Waals surface area contributed by atoms with E-state index in [9.17, 15) is 13.2 Å². The summed E-state index contributed by atoms with van der Waals surface area (Å²) in [6.45, 7) is 2.31. The van der Waals surface area contributed by atoms with Gasteiger partial charge in [-0.2, -0.15) is 0 Å². The van der Waals surface area contributed by atoms with E-state index in [1.807, 2.05) is 11.4 Å². The minimum atomic E-state index is -3.16. The molecule has 2 aliphatic rings. The van der Waals surface area contributed by atoms with Crippen molar-refractivity contribution in [3.63, 3.8) is 0 Å². The second-order valence-electron chi connectivity index (χ2n) is 6.88. The summed E-state index contributed by atoms with van der Waals surface area (Å²) in [5.74, 6) is 0.855. The summed E-state index contributed by atoms with van der Waals surface area (Å²) < 4.78 is 25.6. The fraction of sp³-hybridized carbons (Fsp3) is 0.562. The molecular formula is C16H21N5O3S2. The second-order valence-corrected chi connectivity index (χ2v) is 9.78. The molecular weight excluding hydrogens is 374 g/mol. The predicted octanol–water partition coefficient (Wildman–Crippen LogP) is 0.668.